The smallest absolute Gasteiger partial charge is 0.343 e. The van der Waals surface area contributed by atoms with Gasteiger partial charge in [-0.2, -0.15) is 0 Å². The third-order valence-electron chi connectivity index (χ3n) is 1.84. The van der Waals surface area contributed by atoms with E-state index in [9.17, 15) is 9.59 Å². The largest absolute Gasteiger partial charge is 0.477 e. The number of benzene rings is 1. The van der Waals surface area contributed by atoms with E-state index in [2.05, 4.69) is 5.32 Å². The number of nitrogens with one attached hydrogen (secondary N) is 1. The third kappa shape index (κ3) is 4.21. The first kappa shape index (κ1) is 12.5. The summed E-state index contributed by atoms with van der Waals surface area (Å²) < 4.78 is 0. The van der Waals surface area contributed by atoms with E-state index in [-0.39, 0.29) is 0 Å². The van der Waals surface area contributed by atoms with Crippen molar-refractivity contribution in [1.82, 2.24) is 0 Å². The van der Waals surface area contributed by atoms with Gasteiger partial charge in [-0.25, -0.2) is 9.59 Å². The van der Waals surface area contributed by atoms with Gasteiger partial charge in [-0.05, 0) is 24.3 Å². The lowest BCUT2D eigenvalue weighted by atomic mass is 10.2. The summed E-state index contributed by atoms with van der Waals surface area (Å²) >= 11 is 0. The molecule has 5 heteroatoms. The van der Waals surface area contributed by atoms with Crippen molar-refractivity contribution in [3.05, 3.63) is 54.3 Å². The van der Waals surface area contributed by atoms with Gasteiger partial charge in [0.2, 0.25) is 0 Å². The lowest BCUT2D eigenvalue weighted by Crippen LogP contribution is -2.10. The van der Waals surface area contributed by atoms with E-state index in [0.717, 1.165) is 11.8 Å². The van der Waals surface area contributed by atoms with Crippen LogP contribution in [0.5, 0.6) is 0 Å². The quantitative estimate of drug-likeness (QED) is 0.312. The molecule has 0 fully saturated rings. The molecule has 0 saturated carbocycles. The highest BCUT2D eigenvalue weighted by molar-refractivity contribution is 6.12. The maximum atomic E-state index is 10.5. The normalized spacial score (nSPS) is 9.88. The van der Waals surface area contributed by atoms with Crippen molar-refractivity contribution in [2.24, 2.45) is 0 Å². The predicted octanol–water partition coefficient (Wildman–Crippen LogP) is 1.71. The SMILES string of the molecule is O=C(O)C(=CC=CNc1ccccc1)C(=O)O. The van der Waals surface area contributed by atoms with Crippen LogP contribution in [0.2, 0.25) is 0 Å². The fraction of sp³-hybridized carbons (Fsp3) is 0. The van der Waals surface area contributed by atoms with E-state index >= 15 is 0 Å². The highest BCUT2D eigenvalue weighted by Crippen LogP contribution is 2.04. The molecule has 0 heterocycles. The second-order valence-electron chi connectivity index (χ2n) is 3.06. The van der Waals surface area contributed by atoms with E-state index in [4.69, 9.17) is 10.2 Å². The van der Waals surface area contributed by atoms with Crippen molar-refractivity contribution in [3.8, 4) is 0 Å². The highest BCUT2D eigenvalue weighted by atomic mass is 16.4. The van der Waals surface area contributed by atoms with Gasteiger partial charge in [0.25, 0.3) is 0 Å². The molecule has 3 N–H and O–H groups in total. The van der Waals surface area contributed by atoms with Gasteiger partial charge in [-0.3, -0.25) is 0 Å². The Morgan fingerprint density at radius 1 is 1.06 bits per heavy atom. The molecule has 0 aliphatic rings. The summed E-state index contributed by atoms with van der Waals surface area (Å²) in [5.41, 5.74) is 0.139. The molecule has 0 bridgehead atoms. The molecule has 0 spiro atoms. The molecule has 88 valence electrons. The molecule has 0 saturated heterocycles. The fourth-order valence-electron chi connectivity index (χ4n) is 1.06. The number of carboxylic acid groups (broad SMARTS) is 2. The van der Waals surface area contributed by atoms with Crippen LogP contribution in [0, 0.1) is 0 Å². The maximum Gasteiger partial charge on any atom is 0.343 e. The number of rotatable bonds is 5. The van der Waals surface area contributed by atoms with Crippen molar-refractivity contribution in [2.75, 3.05) is 5.32 Å². The number of anilines is 1. The molecule has 0 atom stereocenters. The number of carbonyl (C=O) groups is 2. The second kappa shape index (κ2) is 6.12. The van der Waals surface area contributed by atoms with Crippen LogP contribution in [0.15, 0.2) is 54.3 Å². The summed E-state index contributed by atoms with van der Waals surface area (Å²) in [5.74, 6) is -2.94. The topological polar surface area (TPSA) is 86.6 Å². The Bertz CT molecular complexity index is 447. The predicted molar refractivity (Wildman–Crippen MR) is 62.6 cm³/mol. The molecule has 0 unspecified atom stereocenters. The molecular weight excluding hydrogens is 222 g/mol. The van der Waals surface area contributed by atoms with Crippen LogP contribution in [0.1, 0.15) is 0 Å². The van der Waals surface area contributed by atoms with Crippen molar-refractivity contribution < 1.29 is 19.8 Å². The minimum atomic E-state index is -1.47. The second-order valence-corrected chi connectivity index (χ2v) is 3.06. The molecular formula is C12H11NO4. The summed E-state index contributed by atoms with van der Waals surface area (Å²) in [6.45, 7) is 0. The van der Waals surface area contributed by atoms with Crippen molar-refractivity contribution >= 4 is 17.6 Å². The number of allylic oxidation sites excluding steroid dienone is 2. The van der Waals surface area contributed by atoms with Gasteiger partial charge < -0.3 is 15.5 Å². The lowest BCUT2D eigenvalue weighted by molar-refractivity contribution is -0.140. The molecule has 0 aliphatic heterocycles. The summed E-state index contributed by atoms with van der Waals surface area (Å²) in [6.07, 6.45) is 3.80. The number of hydrogen-bond acceptors (Lipinski definition) is 3. The van der Waals surface area contributed by atoms with Crippen molar-refractivity contribution in [2.45, 2.75) is 0 Å². The zero-order chi connectivity index (χ0) is 12.7. The number of hydrogen-bond donors (Lipinski definition) is 3. The Balaban J connectivity index is 2.63. The molecule has 0 amide bonds. The minimum Gasteiger partial charge on any atom is -0.477 e. The summed E-state index contributed by atoms with van der Waals surface area (Å²) in [6, 6.07) is 9.19. The first-order valence-electron chi connectivity index (χ1n) is 4.76. The monoisotopic (exact) mass is 233 g/mol. The average molecular weight is 233 g/mol. The average Bonchev–Trinajstić information content (AvgIpc) is 2.29. The van der Waals surface area contributed by atoms with E-state index in [1.807, 2.05) is 30.3 Å². The highest BCUT2D eigenvalue weighted by Gasteiger charge is 2.13. The van der Waals surface area contributed by atoms with Crippen LogP contribution >= 0.6 is 0 Å². The molecule has 5 nitrogen and oxygen atoms in total. The molecule has 0 aliphatic carbocycles. The van der Waals surface area contributed by atoms with E-state index in [1.54, 1.807) is 0 Å². The molecule has 1 aromatic carbocycles. The Kier molecular flexibility index (Phi) is 4.50. The minimum absolute atomic E-state index is 0.684. The number of aliphatic carboxylic acids is 2. The number of para-hydroxylation sites is 1. The van der Waals surface area contributed by atoms with Crippen LogP contribution in [-0.4, -0.2) is 22.2 Å². The van der Waals surface area contributed by atoms with Gasteiger partial charge >= 0.3 is 11.9 Å². The zero-order valence-corrected chi connectivity index (χ0v) is 8.83. The van der Waals surface area contributed by atoms with Gasteiger partial charge in [0.1, 0.15) is 5.57 Å². The summed E-state index contributed by atoms with van der Waals surface area (Å²) in [4.78, 5) is 21.0. The van der Waals surface area contributed by atoms with Crippen LogP contribution < -0.4 is 5.32 Å². The summed E-state index contributed by atoms with van der Waals surface area (Å²) in [7, 11) is 0. The Morgan fingerprint density at radius 2 is 1.65 bits per heavy atom. The molecule has 0 aromatic heterocycles. The first-order valence-corrected chi connectivity index (χ1v) is 4.76. The van der Waals surface area contributed by atoms with Crippen LogP contribution in [-0.2, 0) is 9.59 Å². The van der Waals surface area contributed by atoms with Crippen molar-refractivity contribution in [1.29, 1.82) is 0 Å². The standard InChI is InChI=1S/C12H11NO4/c14-11(15)10(12(16)17)7-4-8-13-9-5-2-1-3-6-9/h1-8,13H,(H,14,15)(H,16,17). The fourth-order valence-corrected chi connectivity index (χ4v) is 1.06. The van der Waals surface area contributed by atoms with E-state index in [1.165, 1.54) is 12.3 Å². The summed E-state index contributed by atoms with van der Waals surface area (Å²) in [5, 5.41) is 20.0. The number of carboxylic acids is 2. The lowest BCUT2D eigenvalue weighted by Gasteiger charge is -1.97. The molecule has 17 heavy (non-hydrogen) atoms. The molecule has 1 aromatic rings. The first-order chi connectivity index (χ1) is 8.11. The maximum absolute atomic E-state index is 10.5. The van der Waals surface area contributed by atoms with Gasteiger partial charge in [0.05, 0.1) is 0 Å². The Morgan fingerprint density at radius 3 is 2.18 bits per heavy atom. The Labute approximate surface area is 97.7 Å². The van der Waals surface area contributed by atoms with Crippen molar-refractivity contribution in [3.63, 3.8) is 0 Å². The zero-order valence-electron chi connectivity index (χ0n) is 8.83. The van der Waals surface area contributed by atoms with Gasteiger partial charge in [0.15, 0.2) is 0 Å². The molecule has 1 rings (SSSR count). The van der Waals surface area contributed by atoms with E-state index < -0.39 is 17.5 Å². The molecule has 0 radical (unpaired) electrons. The van der Waals surface area contributed by atoms with Gasteiger partial charge in [-0.1, -0.05) is 18.2 Å². The van der Waals surface area contributed by atoms with E-state index in [0.29, 0.717) is 0 Å². The van der Waals surface area contributed by atoms with Crippen LogP contribution in [0.4, 0.5) is 5.69 Å². The third-order valence-corrected chi connectivity index (χ3v) is 1.84. The Hall–Kier alpha value is -2.56. The van der Waals surface area contributed by atoms with Crippen LogP contribution in [0.25, 0.3) is 0 Å². The van der Waals surface area contributed by atoms with Gasteiger partial charge in [-0.15, -0.1) is 0 Å². The van der Waals surface area contributed by atoms with Gasteiger partial charge in [0, 0.05) is 11.9 Å². The van der Waals surface area contributed by atoms with Crippen LogP contribution in [0.3, 0.4) is 0 Å².